The molecular weight excluding hydrogens is 416 g/mol. The number of aryl methyl sites for hydroxylation is 2. The van der Waals surface area contributed by atoms with E-state index in [4.69, 9.17) is 4.74 Å². The van der Waals surface area contributed by atoms with E-state index in [2.05, 4.69) is 25.8 Å². The van der Waals surface area contributed by atoms with Crippen LogP contribution >= 0.6 is 11.3 Å². The monoisotopic (exact) mass is 440 g/mol. The smallest absolute Gasteiger partial charge is 0.357 e. The largest absolute Gasteiger partial charge is 0.464 e. The summed E-state index contributed by atoms with van der Waals surface area (Å²) in [6, 6.07) is 10.0. The number of amides is 1. The van der Waals surface area contributed by atoms with Gasteiger partial charge in [0.05, 0.1) is 7.11 Å². The minimum absolute atomic E-state index is 0.209. The van der Waals surface area contributed by atoms with Gasteiger partial charge in [-0.25, -0.2) is 14.5 Å². The molecule has 1 aliphatic rings. The number of thiazole rings is 1. The van der Waals surface area contributed by atoms with Crippen LogP contribution in [0.3, 0.4) is 0 Å². The zero-order chi connectivity index (χ0) is 21.7. The molecule has 1 fully saturated rings. The third-order valence-corrected chi connectivity index (χ3v) is 6.70. The molecule has 162 valence electrons. The van der Waals surface area contributed by atoms with Gasteiger partial charge in [0.1, 0.15) is 11.9 Å². The second-order valence-electron chi connectivity index (χ2n) is 7.57. The molecule has 2 heterocycles. The number of carbonyl (C=O) groups is 2. The minimum atomic E-state index is -0.844. The number of carbonyl (C=O) groups excluding carboxylic acids is 2. The maximum Gasteiger partial charge on any atom is 0.357 e. The predicted molar refractivity (Wildman–Crippen MR) is 115 cm³/mol. The lowest BCUT2D eigenvalue weighted by molar-refractivity contribution is -0.126. The first kappa shape index (κ1) is 21.1. The standard InChI is InChI=1S/C21H24N6O3S/c1-30-18(28)17-16(11-10-15-8-4-2-5-9-15)31-20(23-17)24-19(29)21(12-6-3-7-13-21)27-14-22-25-26-27/h2,4-5,8-9,14H,3,6-7,10-13H2,1H3,(H,23,24,29). The van der Waals surface area contributed by atoms with Crippen LogP contribution in [0.25, 0.3) is 0 Å². The molecule has 0 bridgehead atoms. The Morgan fingerprint density at radius 3 is 2.61 bits per heavy atom. The van der Waals surface area contributed by atoms with Gasteiger partial charge >= 0.3 is 5.97 Å². The van der Waals surface area contributed by atoms with Crippen molar-refractivity contribution in [3.05, 3.63) is 52.8 Å². The van der Waals surface area contributed by atoms with Crippen molar-refractivity contribution in [2.45, 2.75) is 50.5 Å². The molecule has 0 radical (unpaired) electrons. The summed E-state index contributed by atoms with van der Waals surface area (Å²) in [5.41, 5.74) is 0.569. The van der Waals surface area contributed by atoms with Crippen LogP contribution in [0.4, 0.5) is 5.13 Å². The van der Waals surface area contributed by atoms with Gasteiger partial charge in [0, 0.05) is 4.88 Å². The Bertz CT molecular complexity index is 1030. The fourth-order valence-electron chi connectivity index (χ4n) is 4.00. The van der Waals surface area contributed by atoms with Gasteiger partial charge in [-0.15, -0.1) is 16.4 Å². The Morgan fingerprint density at radius 2 is 1.94 bits per heavy atom. The fourth-order valence-corrected chi connectivity index (χ4v) is 4.94. The van der Waals surface area contributed by atoms with Crippen molar-refractivity contribution in [2.24, 2.45) is 0 Å². The molecule has 3 aromatic rings. The quantitative estimate of drug-likeness (QED) is 0.562. The molecular formula is C21H24N6O3S. The van der Waals surface area contributed by atoms with E-state index in [0.717, 1.165) is 36.1 Å². The van der Waals surface area contributed by atoms with E-state index in [1.165, 1.54) is 24.8 Å². The number of aromatic nitrogens is 5. The van der Waals surface area contributed by atoms with Gasteiger partial charge in [0.2, 0.25) is 0 Å². The van der Waals surface area contributed by atoms with Crippen molar-refractivity contribution in [2.75, 3.05) is 12.4 Å². The maximum atomic E-state index is 13.4. The van der Waals surface area contributed by atoms with E-state index in [0.29, 0.717) is 24.4 Å². The Morgan fingerprint density at radius 1 is 1.16 bits per heavy atom. The number of esters is 1. The first-order valence-corrected chi connectivity index (χ1v) is 11.1. The second kappa shape index (κ2) is 9.34. The molecule has 0 spiro atoms. The molecule has 0 unspecified atom stereocenters. The van der Waals surface area contributed by atoms with Crippen molar-refractivity contribution in [1.82, 2.24) is 25.2 Å². The minimum Gasteiger partial charge on any atom is -0.464 e. The zero-order valence-electron chi connectivity index (χ0n) is 17.3. The van der Waals surface area contributed by atoms with Crippen LogP contribution in [0, 0.1) is 0 Å². The van der Waals surface area contributed by atoms with Crippen LogP contribution in [0.1, 0.15) is 53.0 Å². The average Bonchev–Trinajstić information content (AvgIpc) is 3.49. The molecule has 1 N–H and O–H groups in total. The van der Waals surface area contributed by atoms with Gasteiger partial charge in [0.15, 0.2) is 10.8 Å². The molecule has 1 amide bonds. The van der Waals surface area contributed by atoms with Gasteiger partial charge < -0.3 is 4.74 Å². The molecule has 9 nitrogen and oxygen atoms in total. The highest BCUT2D eigenvalue weighted by Crippen LogP contribution is 2.36. The Hall–Kier alpha value is -3.14. The number of hydrogen-bond acceptors (Lipinski definition) is 8. The van der Waals surface area contributed by atoms with Crippen LogP contribution in [0.5, 0.6) is 0 Å². The Kier molecular flexibility index (Phi) is 6.36. The number of rotatable bonds is 7. The highest BCUT2D eigenvalue weighted by Gasteiger charge is 2.43. The topological polar surface area (TPSA) is 112 Å². The molecule has 0 atom stereocenters. The number of nitrogens with zero attached hydrogens (tertiary/aromatic N) is 5. The van der Waals surface area contributed by atoms with Crippen molar-refractivity contribution in [3.63, 3.8) is 0 Å². The van der Waals surface area contributed by atoms with Gasteiger partial charge in [-0.3, -0.25) is 10.1 Å². The number of anilines is 1. The Labute approximate surface area is 183 Å². The summed E-state index contributed by atoms with van der Waals surface area (Å²) in [5, 5.41) is 14.7. The molecule has 1 aliphatic carbocycles. The lowest BCUT2D eigenvalue weighted by Gasteiger charge is -2.34. The lowest BCUT2D eigenvalue weighted by atomic mass is 9.81. The third kappa shape index (κ3) is 4.48. The number of nitrogens with one attached hydrogen (secondary N) is 1. The van der Waals surface area contributed by atoms with Crippen LogP contribution in [0.2, 0.25) is 0 Å². The van der Waals surface area contributed by atoms with E-state index in [-0.39, 0.29) is 11.6 Å². The first-order chi connectivity index (χ1) is 15.1. The van der Waals surface area contributed by atoms with Crippen molar-refractivity contribution in [1.29, 1.82) is 0 Å². The van der Waals surface area contributed by atoms with E-state index < -0.39 is 11.5 Å². The summed E-state index contributed by atoms with van der Waals surface area (Å²) in [6.07, 6.45) is 7.08. The van der Waals surface area contributed by atoms with Crippen LogP contribution < -0.4 is 5.32 Å². The number of ether oxygens (including phenoxy) is 1. The van der Waals surface area contributed by atoms with Gasteiger partial charge in [0.25, 0.3) is 5.91 Å². The molecule has 1 saturated carbocycles. The molecule has 1 aromatic carbocycles. The van der Waals surface area contributed by atoms with E-state index in [9.17, 15) is 9.59 Å². The molecule has 31 heavy (non-hydrogen) atoms. The number of hydrogen-bond donors (Lipinski definition) is 1. The van der Waals surface area contributed by atoms with E-state index >= 15 is 0 Å². The summed E-state index contributed by atoms with van der Waals surface area (Å²) in [4.78, 5) is 30.8. The van der Waals surface area contributed by atoms with Crippen molar-refractivity contribution in [3.8, 4) is 0 Å². The molecule has 0 aliphatic heterocycles. The van der Waals surface area contributed by atoms with Crippen LogP contribution in [-0.4, -0.2) is 44.2 Å². The van der Waals surface area contributed by atoms with Crippen molar-refractivity contribution >= 4 is 28.3 Å². The molecule has 10 heteroatoms. The predicted octanol–water partition coefficient (Wildman–Crippen LogP) is 3.00. The zero-order valence-corrected chi connectivity index (χ0v) is 18.1. The highest BCUT2D eigenvalue weighted by atomic mass is 32.1. The van der Waals surface area contributed by atoms with Gasteiger partial charge in [-0.2, -0.15) is 0 Å². The summed E-state index contributed by atoms with van der Waals surface area (Å²) in [5.74, 6) is -0.716. The molecule has 0 saturated heterocycles. The lowest BCUT2D eigenvalue weighted by Crippen LogP contribution is -2.47. The van der Waals surface area contributed by atoms with Crippen molar-refractivity contribution < 1.29 is 14.3 Å². The summed E-state index contributed by atoms with van der Waals surface area (Å²) in [7, 11) is 1.33. The molecule has 2 aromatic heterocycles. The highest BCUT2D eigenvalue weighted by molar-refractivity contribution is 7.16. The summed E-state index contributed by atoms with van der Waals surface area (Å²) >= 11 is 1.31. The summed E-state index contributed by atoms with van der Waals surface area (Å²) < 4.78 is 6.45. The van der Waals surface area contributed by atoms with E-state index in [1.807, 2.05) is 30.3 Å². The second-order valence-corrected chi connectivity index (χ2v) is 8.65. The molecule has 4 rings (SSSR count). The SMILES string of the molecule is COC(=O)c1nc(NC(=O)C2(n3cnnn3)CCCCC2)sc1CCc1ccccc1. The normalized spacial score (nSPS) is 15.4. The number of tetrazole rings is 1. The number of methoxy groups -OCH3 is 1. The maximum absolute atomic E-state index is 13.4. The average molecular weight is 441 g/mol. The third-order valence-electron chi connectivity index (χ3n) is 5.67. The fraction of sp³-hybridized carbons (Fsp3) is 0.429. The van der Waals surface area contributed by atoms with E-state index in [1.54, 1.807) is 4.68 Å². The number of benzene rings is 1. The first-order valence-electron chi connectivity index (χ1n) is 10.3. The van der Waals surface area contributed by atoms with Crippen LogP contribution in [0.15, 0.2) is 36.7 Å². The van der Waals surface area contributed by atoms with Gasteiger partial charge in [-0.1, -0.05) is 49.6 Å². The summed E-state index contributed by atoms with van der Waals surface area (Å²) in [6.45, 7) is 0. The van der Waals surface area contributed by atoms with Gasteiger partial charge in [-0.05, 0) is 41.7 Å². The Balaban J connectivity index is 1.56. The van der Waals surface area contributed by atoms with Crippen LogP contribution in [-0.2, 0) is 27.9 Å².